The van der Waals surface area contributed by atoms with Gasteiger partial charge in [-0.2, -0.15) is 0 Å². The Bertz CT molecular complexity index is 670. The van der Waals surface area contributed by atoms with Gasteiger partial charge in [0.2, 0.25) is 0 Å². The SMILES string of the molecule is CCOC(=O)C(CC1CCCCC1)CN1CCC(C)(c2cccc(O)c2)C(C)C1. The van der Waals surface area contributed by atoms with E-state index in [9.17, 15) is 9.90 Å². The second-order valence-corrected chi connectivity index (χ2v) is 9.57. The van der Waals surface area contributed by atoms with E-state index in [2.05, 4.69) is 24.8 Å². The Balaban J connectivity index is 1.64. The molecular formula is C25H39NO3. The van der Waals surface area contributed by atoms with Crippen molar-refractivity contribution in [1.82, 2.24) is 4.90 Å². The molecule has 1 N–H and O–H groups in total. The number of hydrogen-bond donors (Lipinski definition) is 1. The van der Waals surface area contributed by atoms with Crippen LogP contribution in [-0.2, 0) is 14.9 Å². The van der Waals surface area contributed by atoms with E-state index in [0.717, 1.165) is 32.5 Å². The Labute approximate surface area is 176 Å². The molecule has 1 aliphatic carbocycles. The fourth-order valence-corrected chi connectivity index (χ4v) is 5.41. The van der Waals surface area contributed by atoms with Crippen LogP contribution in [0.5, 0.6) is 5.75 Å². The van der Waals surface area contributed by atoms with Gasteiger partial charge in [0, 0.05) is 13.1 Å². The smallest absolute Gasteiger partial charge is 0.310 e. The van der Waals surface area contributed by atoms with Crippen molar-refractivity contribution >= 4 is 5.97 Å². The van der Waals surface area contributed by atoms with Crippen LogP contribution in [0.3, 0.4) is 0 Å². The van der Waals surface area contributed by atoms with Crippen LogP contribution in [0.2, 0.25) is 0 Å². The summed E-state index contributed by atoms with van der Waals surface area (Å²) >= 11 is 0. The highest BCUT2D eigenvalue weighted by Gasteiger charge is 2.39. The van der Waals surface area contributed by atoms with E-state index in [-0.39, 0.29) is 17.3 Å². The third-order valence-corrected chi connectivity index (χ3v) is 7.51. The molecule has 0 amide bonds. The molecule has 0 radical (unpaired) electrons. The highest BCUT2D eigenvalue weighted by atomic mass is 16.5. The number of ether oxygens (including phenoxy) is 1. The molecule has 1 saturated carbocycles. The van der Waals surface area contributed by atoms with E-state index in [1.54, 1.807) is 6.07 Å². The first-order valence-electron chi connectivity index (χ1n) is 11.6. The summed E-state index contributed by atoms with van der Waals surface area (Å²) in [6, 6.07) is 7.73. The minimum atomic E-state index is -0.00737. The van der Waals surface area contributed by atoms with E-state index < -0.39 is 0 Å². The molecular weight excluding hydrogens is 362 g/mol. The van der Waals surface area contributed by atoms with Crippen LogP contribution < -0.4 is 0 Å². The van der Waals surface area contributed by atoms with Gasteiger partial charge in [-0.3, -0.25) is 4.79 Å². The Kier molecular flexibility index (Phi) is 7.61. The van der Waals surface area contributed by atoms with Crippen LogP contribution in [0.1, 0.15) is 71.3 Å². The van der Waals surface area contributed by atoms with E-state index in [4.69, 9.17) is 4.74 Å². The normalized spacial score (nSPS) is 27.5. The molecule has 2 fully saturated rings. The first-order valence-corrected chi connectivity index (χ1v) is 11.6. The maximum Gasteiger partial charge on any atom is 0.310 e. The minimum absolute atomic E-state index is 0.00428. The Morgan fingerprint density at radius 3 is 2.72 bits per heavy atom. The predicted octanol–water partition coefficient (Wildman–Crippen LogP) is 5.14. The molecule has 4 nitrogen and oxygen atoms in total. The third kappa shape index (κ3) is 5.53. The summed E-state index contributed by atoms with van der Waals surface area (Å²) < 4.78 is 5.44. The number of phenolic OH excluding ortho intramolecular Hbond substituents is 1. The molecule has 3 atom stereocenters. The molecule has 1 aromatic rings. The lowest BCUT2D eigenvalue weighted by Gasteiger charge is -2.46. The summed E-state index contributed by atoms with van der Waals surface area (Å²) in [5.41, 5.74) is 1.27. The number of aromatic hydroxyl groups is 1. The van der Waals surface area contributed by atoms with Crippen LogP contribution in [0.25, 0.3) is 0 Å². The molecule has 0 spiro atoms. The Morgan fingerprint density at radius 2 is 2.07 bits per heavy atom. The quantitative estimate of drug-likeness (QED) is 0.643. The maximum absolute atomic E-state index is 12.7. The monoisotopic (exact) mass is 401 g/mol. The van der Waals surface area contributed by atoms with Crippen molar-refractivity contribution in [3.8, 4) is 5.75 Å². The number of piperidine rings is 1. The minimum Gasteiger partial charge on any atom is -0.508 e. The van der Waals surface area contributed by atoms with Gasteiger partial charge in [-0.25, -0.2) is 0 Å². The van der Waals surface area contributed by atoms with Gasteiger partial charge in [-0.05, 0) is 61.3 Å². The molecule has 0 aromatic heterocycles. The van der Waals surface area contributed by atoms with E-state index in [1.807, 2.05) is 19.1 Å². The highest BCUT2D eigenvalue weighted by Crippen LogP contribution is 2.40. The zero-order valence-electron chi connectivity index (χ0n) is 18.5. The Morgan fingerprint density at radius 1 is 1.31 bits per heavy atom. The topological polar surface area (TPSA) is 49.8 Å². The summed E-state index contributed by atoms with van der Waals surface area (Å²) in [6.07, 6.45) is 8.51. The highest BCUT2D eigenvalue weighted by molar-refractivity contribution is 5.72. The molecule has 1 heterocycles. The summed E-state index contributed by atoms with van der Waals surface area (Å²) in [4.78, 5) is 15.2. The molecule has 1 saturated heterocycles. The van der Waals surface area contributed by atoms with Gasteiger partial charge >= 0.3 is 5.97 Å². The van der Waals surface area contributed by atoms with Crippen molar-refractivity contribution in [3.63, 3.8) is 0 Å². The Hall–Kier alpha value is -1.55. The zero-order valence-corrected chi connectivity index (χ0v) is 18.5. The van der Waals surface area contributed by atoms with Crippen molar-refractivity contribution < 1.29 is 14.6 Å². The maximum atomic E-state index is 12.7. The second-order valence-electron chi connectivity index (χ2n) is 9.57. The number of hydrogen-bond acceptors (Lipinski definition) is 4. The van der Waals surface area contributed by atoms with E-state index >= 15 is 0 Å². The molecule has 162 valence electrons. The number of nitrogens with zero attached hydrogens (tertiary/aromatic N) is 1. The summed E-state index contributed by atoms with van der Waals surface area (Å²) in [6.45, 7) is 9.76. The van der Waals surface area contributed by atoms with Gasteiger partial charge in [-0.15, -0.1) is 0 Å². The molecule has 29 heavy (non-hydrogen) atoms. The van der Waals surface area contributed by atoms with Crippen molar-refractivity contribution in [1.29, 1.82) is 0 Å². The fraction of sp³-hybridized carbons (Fsp3) is 0.720. The number of carbonyl (C=O) groups excluding carboxylic acids is 1. The van der Waals surface area contributed by atoms with Gasteiger partial charge < -0.3 is 14.7 Å². The van der Waals surface area contributed by atoms with Gasteiger partial charge in [0.1, 0.15) is 5.75 Å². The first-order chi connectivity index (χ1) is 13.9. The van der Waals surface area contributed by atoms with Crippen molar-refractivity contribution in [2.75, 3.05) is 26.2 Å². The molecule has 3 unspecified atom stereocenters. The summed E-state index contributed by atoms with van der Waals surface area (Å²) in [5, 5.41) is 9.92. The number of esters is 1. The summed E-state index contributed by atoms with van der Waals surface area (Å²) in [7, 11) is 0. The average Bonchev–Trinajstić information content (AvgIpc) is 2.71. The lowest BCUT2D eigenvalue weighted by atomic mass is 9.68. The zero-order chi connectivity index (χ0) is 20.9. The largest absolute Gasteiger partial charge is 0.508 e. The molecule has 3 rings (SSSR count). The molecule has 4 heteroatoms. The second kappa shape index (κ2) is 9.97. The number of rotatable bonds is 7. The predicted molar refractivity (Wildman–Crippen MR) is 117 cm³/mol. The van der Waals surface area contributed by atoms with Crippen molar-refractivity contribution in [3.05, 3.63) is 29.8 Å². The number of carbonyl (C=O) groups is 1. The lowest BCUT2D eigenvalue weighted by Crippen LogP contribution is -2.49. The van der Waals surface area contributed by atoms with Gasteiger partial charge in [0.25, 0.3) is 0 Å². The van der Waals surface area contributed by atoms with Gasteiger partial charge in [-0.1, -0.05) is 58.1 Å². The van der Waals surface area contributed by atoms with Crippen molar-refractivity contribution in [2.45, 2.75) is 71.1 Å². The average molecular weight is 402 g/mol. The summed E-state index contributed by atoms with van der Waals surface area (Å²) in [5.74, 6) is 1.46. The fourth-order valence-electron chi connectivity index (χ4n) is 5.41. The van der Waals surface area contributed by atoms with Crippen LogP contribution >= 0.6 is 0 Å². The van der Waals surface area contributed by atoms with Crippen LogP contribution in [-0.4, -0.2) is 42.2 Å². The van der Waals surface area contributed by atoms with E-state index in [0.29, 0.717) is 24.2 Å². The number of phenols is 1. The molecule has 0 bridgehead atoms. The lowest BCUT2D eigenvalue weighted by molar-refractivity contribution is -0.149. The van der Waals surface area contributed by atoms with Gasteiger partial charge in [0.05, 0.1) is 12.5 Å². The van der Waals surface area contributed by atoms with Crippen LogP contribution in [0, 0.1) is 17.8 Å². The van der Waals surface area contributed by atoms with Crippen LogP contribution in [0.15, 0.2) is 24.3 Å². The first kappa shape index (κ1) is 22.1. The standard InChI is InChI=1S/C25H39NO3/c1-4-29-24(28)21(15-20-9-6-5-7-10-20)18-26-14-13-25(3,19(2)17-26)22-11-8-12-23(27)16-22/h8,11-12,16,19-21,27H,4-7,9-10,13-15,17-18H2,1-3H3. The molecule has 1 aromatic carbocycles. The molecule has 1 aliphatic heterocycles. The number of likely N-dealkylation sites (tertiary alicyclic amines) is 1. The molecule has 2 aliphatic rings. The van der Waals surface area contributed by atoms with Gasteiger partial charge in [0.15, 0.2) is 0 Å². The van der Waals surface area contributed by atoms with Crippen LogP contribution in [0.4, 0.5) is 0 Å². The van der Waals surface area contributed by atoms with E-state index in [1.165, 1.54) is 37.7 Å². The third-order valence-electron chi connectivity index (χ3n) is 7.51. The number of benzene rings is 1. The van der Waals surface area contributed by atoms with Crippen molar-refractivity contribution in [2.24, 2.45) is 17.8 Å².